The van der Waals surface area contributed by atoms with Crippen LogP contribution < -0.4 is 4.90 Å². The molecule has 1 aromatic carbocycles. The Morgan fingerprint density at radius 2 is 2.18 bits per heavy atom. The van der Waals surface area contributed by atoms with Gasteiger partial charge in [0.15, 0.2) is 0 Å². The fourth-order valence-electron chi connectivity index (χ4n) is 2.18. The number of nitrogens with zero attached hydrogens (tertiary/aromatic N) is 1. The molecule has 0 saturated carbocycles. The Labute approximate surface area is 101 Å². The highest BCUT2D eigenvalue weighted by Gasteiger charge is 2.19. The predicted octanol–water partition coefficient (Wildman–Crippen LogP) is 3.04. The van der Waals surface area contributed by atoms with Crippen molar-refractivity contribution < 1.29 is 9.50 Å². The number of rotatable bonds is 2. The van der Waals surface area contributed by atoms with Gasteiger partial charge in [-0.25, -0.2) is 4.39 Å². The molecule has 1 N–H and O–H groups in total. The molecule has 2 nitrogen and oxygen atoms in total. The Kier molecular flexibility index (Phi) is 3.48. The van der Waals surface area contributed by atoms with E-state index >= 15 is 0 Å². The van der Waals surface area contributed by atoms with E-state index in [4.69, 9.17) is 0 Å². The van der Waals surface area contributed by atoms with Crippen molar-refractivity contribution in [2.24, 2.45) is 0 Å². The van der Waals surface area contributed by atoms with Gasteiger partial charge in [-0.1, -0.05) is 23.8 Å². The summed E-state index contributed by atoms with van der Waals surface area (Å²) in [5.74, 6) is -0.253. The first-order valence-electron chi connectivity index (χ1n) is 5.96. The zero-order chi connectivity index (χ0) is 12.4. The minimum atomic E-state index is -0.646. The molecule has 1 heterocycles. The molecule has 1 aliphatic rings. The summed E-state index contributed by atoms with van der Waals surface area (Å²) in [4.78, 5) is 1.99. The number of halogens is 1. The molecule has 0 spiro atoms. The molecule has 2 rings (SSSR count). The van der Waals surface area contributed by atoms with E-state index in [1.54, 1.807) is 19.1 Å². The lowest BCUT2D eigenvalue weighted by Gasteiger charge is -2.30. The van der Waals surface area contributed by atoms with Crippen molar-refractivity contribution in [1.29, 1.82) is 0 Å². The fourth-order valence-corrected chi connectivity index (χ4v) is 2.18. The summed E-state index contributed by atoms with van der Waals surface area (Å²) in [6.07, 6.45) is 2.42. The van der Waals surface area contributed by atoms with Crippen molar-refractivity contribution in [2.45, 2.75) is 26.4 Å². The summed E-state index contributed by atoms with van der Waals surface area (Å²) in [6, 6.07) is 4.88. The van der Waals surface area contributed by atoms with Crippen LogP contribution in [0.15, 0.2) is 29.8 Å². The Morgan fingerprint density at radius 1 is 1.41 bits per heavy atom. The van der Waals surface area contributed by atoms with E-state index in [1.165, 1.54) is 11.6 Å². The van der Waals surface area contributed by atoms with Crippen LogP contribution in [0.25, 0.3) is 0 Å². The van der Waals surface area contributed by atoms with Crippen LogP contribution in [-0.4, -0.2) is 18.2 Å². The molecule has 0 aliphatic carbocycles. The first kappa shape index (κ1) is 12.1. The highest BCUT2D eigenvalue weighted by Crippen LogP contribution is 2.30. The van der Waals surface area contributed by atoms with Gasteiger partial charge < -0.3 is 10.0 Å². The van der Waals surface area contributed by atoms with Crippen molar-refractivity contribution >= 4 is 5.69 Å². The van der Waals surface area contributed by atoms with E-state index < -0.39 is 6.10 Å². The minimum Gasteiger partial charge on any atom is -0.389 e. The maximum atomic E-state index is 13.9. The van der Waals surface area contributed by atoms with Crippen LogP contribution in [0.4, 0.5) is 10.1 Å². The van der Waals surface area contributed by atoms with Gasteiger partial charge in [-0.15, -0.1) is 0 Å². The second-order valence-corrected chi connectivity index (χ2v) is 4.60. The van der Waals surface area contributed by atoms with E-state index in [2.05, 4.69) is 13.0 Å². The Hall–Kier alpha value is -1.35. The van der Waals surface area contributed by atoms with Gasteiger partial charge in [0.2, 0.25) is 0 Å². The average Bonchev–Trinajstić information content (AvgIpc) is 2.30. The first-order valence-corrected chi connectivity index (χ1v) is 5.96. The molecule has 3 heteroatoms. The number of benzene rings is 1. The SMILES string of the molecule is CC1=CCN(c2c(F)cccc2[C@H](C)O)CC1. The lowest BCUT2D eigenvalue weighted by molar-refractivity contribution is 0.199. The molecule has 0 aromatic heterocycles. The average molecular weight is 235 g/mol. The lowest BCUT2D eigenvalue weighted by atomic mass is 10.0. The number of hydrogen-bond donors (Lipinski definition) is 1. The van der Waals surface area contributed by atoms with Crippen molar-refractivity contribution in [2.75, 3.05) is 18.0 Å². The summed E-state index contributed by atoms with van der Waals surface area (Å²) in [7, 11) is 0. The second kappa shape index (κ2) is 4.88. The molecule has 0 bridgehead atoms. The van der Waals surface area contributed by atoms with Crippen LogP contribution >= 0.6 is 0 Å². The van der Waals surface area contributed by atoms with Crippen LogP contribution in [0.5, 0.6) is 0 Å². The zero-order valence-corrected chi connectivity index (χ0v) is 10.3. The van der Waals surface area contributed by atoms with Crippen LogP contribution in [-0.2, 0) is 0 Å². The standard InChI is InChI=1S/C14H18FNO/c1-10-6-8-16(9-7-10)14-12(11(2)17)4-3-5-13(14)15/h3-6,11,17H,7-9H2,1-2H3/t11-/m0/s1. The Bertz CT molecular complexity index is 440. The number of aliphatic hydroxyl groups excluding tert-OH is 1. The van der Waals surface area contributed by atoms with E-state index in [0.29, 0.717) is 17.8 Å². The van der Waals surface area contributed by atoms with Gasteiger partial charge in [0.05, 0.1) is 11.8 Å². The minimum absolute atomic E-state index is 0.253. The van der Waals surface area contributed by atoms with Gasteiger partial charge in [0, 0.05) is 18.7 Å². The van der Waals surface area contributed by atoms with Gasteiger partial charge in [0.25, 0.3) is 0 Å². The van der Waals surface area contributed by atoms with E-state index in [9.17, 15) is 9.50 Å². The molecule has 92 valence electrons. The van der Waals surface area contributed by atoms with Gasteiger partial charge >= 0.3 is 0 Å². The van der Waals surface area contributed by atoms with E-state index in [0.717, 1.165) is 13.0 Å². The molecule has 1 aliphatic heterocycles. The smallest absolute Gasteiger partial charge is 0.146 e. The highest BCUT2D eigenvalue weighted by molar-refractivity contribution is 5.57. The van der Waals surface area contributed by atoms with Crippen molar-refractivity contribution in [3.05, 3.63) is 41.2 Å². The molecule has 0 radical (unpaired) electrons. The molecule has 0 fully saturated rings. The summed E-state index contributed by atoms with van der Waals surface area (Å²) in [5, 5.41) is 9.70. The predicted molar refractivity (Wildman–Crippen MR) is 67.6 cm³/mol. The topological polar surface area (TPSA) is 23.5 Å². The molecule has 0 unspecified atom stereocenters. The van der Waals surface area contributed by atoms with Gasteiger partial charge in [-0.3, -0.25) is 0 Å². The first-order chi connectivity index (χ1) is 8.09. The summed E-state index contributed by atoms with van der Waals surface area (Å²) < 4.78 is 13.9. The van der Waals surface area contributed by atoms with Gasteiger partial charge in [-0.05, 0) is 26.3 Å². The molecule has 1 aromatic rings. The Morgan fingerprint density at radius 3 is 2.76 bits per heavy atom. The third-order valence-corrected chi connectivity index (χ3v) is 3.22. The van der Waals surface area contributed by atoms with Crippen LogP contribution in [0.2, 0.25) is 0 Å². The van der Waals surface area contributed by atoms with Crippen molar-refractivity contribution in [1.82, 2.24) is 0 Å². The van der Waals surface area contributed by atoms with Crippen LogP contribution in [0.3, 0.4) is 0 Å². The molecule has 1 atom stereocenters. The molecule has 0 saturated heterocycles. The Balaban J connectivity index is 2.37. The zero-order valence-electron chi connectivity index (χ0n) is 10.3. The fraction of sp³-hybridized carbons (Fsp3) is 0.429. The van der Waals surface area contributed by atoms with Crippen molar-refractivity contribution in [3.8, 4) is 0 Å². The molecular weight excluding hydrogens is 217 g/mol. The van der Waals surface area contributed by atoms with Gasteiger partial charge in [0.1, 0.15) is 5.82 Å². The number of hydrogen-bond acceptors (Lipinski definition) is 2. The van der Waals surface area contributed by atoms with E-state index in [-0.39, 0.29) is 5.82 Å². The monoisotopic (exact) mass is 235 g/mol. The maximum absolute atomic E-state index is 13.9. The summed E-state index contributed by atoms with van der Waals surface area (Å²) in [6.45, 7) is 5.28. The van der Waals surface area contributed by atoms with Crippen molar-refractivity contribution in [3.63, 3.8) is 0 Å². The summed E-state index contributed by atoms with van der Waals surface area (Å²) in [5.41, 5.74) is 2.56. The largest absolute Gasteiger partial charge is 0.389 e. The number of anilines is 1. The maximum Gasteiger partial charge on any atom is 0.146 e. The van der Waals surface area contributed by atoms with Crippen LogP contribution in [0.1, 0.15) is 31.9 Å². The van der Waals surface area contributed by atoms with Crippen LogP contribution in [0, 0.1) is 5.82 Å². The van der Waals surface area contributed by atoms with E-state index in [1.807, 2.05) is 4.90 Å². The number of para-hydroxylation sites is 1. The lowest BCUT2D eigenvalue weighted by Crippen LogP contribution is -2.30. The van der Waals surface area contributed by atoms with Gasteiger partial charge in [-0.2, -0.15) is 0 Å². The molecule has 17 heavy (non-hydrogen) atoms. The number of aliphatic hydroxyl groups is 1. The second-order valence-electron chi connectivity index (χ2n) is 4.60. The molecule has 0 amide bonds. The third-order valence-electron chi connectivity index (χ3n) is 3.22. The summed E-state index contributed by atoms with van der Waals surface area (Å²) >= 11 is 0. The molecular formula is C14H18FNO. The normalized spacial score (nSPS) is 17.9. The quantitative estimate of drug-likeness (QED) is 0.796. The highest BCUT2D eigenvalue weighted by atomic mass is 19.1. The third kappa shape index (κ3) is 2.50.